The van der Waals surface area contributed by atoms with Crippen molar-refractivity contribution in [2.75, 3.05) is 34.3 Å². The SMILES string of the molecule is CCCCCCCCCCCC(=O)C(C[N+](C)(C)C)OP(=O)([O-])OCC. The van der Waals surface area contributed by atoms with Crippen LogP contribution in [-0.2, 0) is 18.4 Å². The summed E-state index contributed by atoms with van der Waals surface area (Å²) in [6.07, 6.45) is 9.93. The summed E-state index contributed by atoms with van der Waals surface area (Å²) in [5.41, 5.74) is 0. The first kappa shape index (κ1) is 25.7. The Morgan fingerprint density at radius 1 is 0.962 bits per heavy atom. The molecule has 0 heterocycles. The zero-order chi connectivity index (χ0) is 20.1. The standard InChI is InChI=1S/C19H40NO5P/c1-6-8-9-10-11-12-13-14-15-16-18(21)19(17-20(3,4)5)25-26(22,23)24-7-2/h19H,6-17H2,1-5H3. The number of ketones is 1. The molecular weight excluding hydrogens is 353 g/mol. The first-order valence-corrected chi connectivity index (χ1v) is 11.5. The molecule has 26 heavy (non-hydrogen) atoms. The summed E-state index contributed by atoms with van der Waals surface area (Å²) >= 11 is 0. The van der Waals surface area contributed by atoms with E-state index in [1.165, 1.54) is 38.5 Å². The second-order valence-corrected chi connectivity index (χ2v) is 9.34. The number of quaternary nitrogens is 1. The molecule has 0 aliphatic rings. The van der Waals surface area contributed by atoms with Crippen LogP contribution in [0.3, 0.4) is 0 Å². The highest BCUT2D eigenvalue weighted by Gasteiger charge is 2.29. The molecule has 0 aromatic rings. The van der Waals surface area contributed by atoms with Crippen LogP contribution in [0, 0.1) is 0 Å². The molecule has 0 rings (SSSR count). The van der Waals surface area contributed by atoms with Gasteiger partial charge in [0.25, 0.3) is 7.82 Å². The summed E-state index contributed by atoms with van der Waals surface area (Å²) in [5.74, 6) is -0.156. The first-order valence-electron chi connectivity index (χ1n) is 10.1. The van der Waals surface area contributed by atoms with Gasteiger partial charge in [0.05, 0.1) is 27.7 Å². The lowest BCUT2D eigenvalue weighted by Crippen LogP contribution is -2.45. The third-order valence-corrected chi connectivity index (χ3v) is 5.23. The molecule has 0 aliphatic heterocycles. The minimum absolute atomic E-state index is 0.00429. The normalized spacial score (nSPS) is 15.6. The van der Waals surface area contributed by atoms with E-state index in [9.17, 15) is 14.3 Å². The molecule has 0 radical (unpaired) electrons. The molecule has 2 atom stereocenters. The van der Waals surface area contributed by atoms with E-state index >= 15 is 0 Å². The van der Waals surface area contributed by atoms with Gasteiger partial charge in [0.15, 0.2) is 11.9 Å². The lowest BCUT2D eigenvalue weighted by Gasteiger charge is -2.32. The van der Waals surface area contributed by atoms with Crippen molar-refractivity contribution in [3.63, 3.8) is 0 Å². The Morgan fingerprint density at radius 2 is 1.46 bits per heavy atom. The van der Waals surface area contributed by atoms with E-state index in [1.807, 2.05) is 21.1 Å². The Morgan fingerprint density at radius 3 is 1.92 bits per heavy atom. The molecular formula is C19H40NO5P. The van der Waals surface area contributed by atoms with Crippen LogP contribution in [0.1, 0.15) is 78.1 Å². The third kappa shape index (κ3) is 14.9. The Kier molecular flexibility index (Phi) is 13.7. The molecule has 0 spiro atoms. The molecule has 156 valence electrons. The topological polar surface area (TPSA) is 75.7 Å². The van der Waals surface area contributed by atoms with Crippen molar-refractivity contribution in [1.82, 2.24) is 0 Å². The van der Waals surface area contributed by atoms with Crippen LogP contribution < -0.4 is 4.89 Å². The van der Waals surface area contributed by atoms with Crippen LogP contribution >= 0.6 is 7.82 Å². The molecule has 0 saturated carbocycles. The molecule has 2 unspecified atom stereocenters. The fourth-order valence-electron chi connectivity index (χ4n) is 2.81. The van der Waals surface area contributed by atoms with Crippen LogP contribution in [0.4, 0.5) is 0 Å². The first-order chi connectivity index (χ1) is 12.1. The molecule has 6 nitrogen and oxygen atoms in total. The zero-order valence-electron chi connectivity index (χ0n) is 17.5. The highest BCUT2D eigenvalue weighted by Crippen LogP contribution is 2.40. The molecule has 0 saturated heterocycles. The monoisotopic (exact) mass is 393 g/mol. The van der Waals surface area contributed by atoms with E-state index in [-0.39, 0.29) is 12.4 Å². The molecule has 0 aromatic heterocycles. The quantitative estimate of drug-likeness (QED) is 0.211. The van der Waals surface area contributed by atoms with Crippen molar-refractivity contribution >= 4 is 13.6 Å². The van der Waals surface area contributed by atoms with Crippen molar-refractivity contribution < 1.29 is 27.8 Å². The van der Waals surface area contributed by atoms with Gasteiger partial charge in [-0.3, -0.25) is 9.36 Å². The van der Waals surface area contributed by atoms with Gasteiger partial charge in [-0.25, -0.2) is 0 Å². The number of likely N-dealkylation sites (N-methyl/N-ethyl adjacent to an activating group) is 1. The predicted molar refractivity (Wildman–Crippen MR) is 104 cm³/mol. The van der Waals surface area contributed by atoms with E-state index < -0.39 is 13.9 Å². The summed E-state index contributed by atoms with van der Waals surface area (Å²) in [5, 5.41) is 0. The van der Waals surface area contributed by atoms with Crippen LogP contribution in [0.15, 0.2) is 0 Å². The number of nitrogens with zero attached hydrogens (tertiary/aromatic N) is 1. The summed E-state index contributed by atoms with van der Waals surface area (Å²) in [7, 11) is 1.27. The molecule has 0 amide bonds. The van der Waals surface area contributed by atoms with Gasteiger partial charge in [0, 0.05) is 6.42 Å². The maximum atomic E-state index is 12.5. The van der Waals surface area contributed by atoms with Crippen LogP contribution in [-0.4, -0.2) is 50.7 Å². The van der Waals surface area contributed by atoms with Crippen molar-refractivity contribution in [3.05, 3.63) is 0 Å². The Balaban J connectivity index is 4.24. The summed E-state index contributed by atoms with van der Waals surface area (Å²) in [4.78, 5) is 24.2. The molecule has 0 aliphatic carbocycles. The summed E-state index contributed by atoms with van der Waals surface area (Å²) in [6.45, 7) is 4.10. The number of phosphoric acid groups is 1. The summed E-state index contributed by atoms with van der Waals surface area (Å²) < 4.78 is 21.9. The highest BCUT2D eigenvalue weighted by molar-refractivity contribution is 7.45. The van der Waals surface area contributed by atoms with Gasteiger partial charge in [-0.2, -0.15) is 0 Å². The van der Waals surface area contributed by atoms with Gasteiger partial charge in [0.2, 0.25) is 0 Å². The number of hydrogen-bond acceptors (Lipinski definition) is 5. The fourth-order valence-corrected chi connectivity index (χ4v) is 3.68. The maximum absolute atomic E-state index is 12.5. The number of carbonyl (C=O) groups is 1. The second kappa shape index (κ2) is 13.8. The van der Waals surface area contributed by atoms with Crippen molar-refractivity contribution in [3.8, 4) is 0 Å². The smallest absolute Gasteiger partial charge is 0.268 e. The largest absolute Gasteiger partial charge is 0.756 e. The molecule has 0 bridgehead atoms. The maximum Gasteiger partial charge on any atom is 0.268 e. The van der Waals surface area contributed by atoms with E-state index in [1.54, 1.807) is 6.92 Å². The van der Waals surface area contributed by atoms with Gasteiger partial charge in [-0.15, -0.1) is 0 Å². The Hall–Kier alpha value is -0.260. The van der Waals surface area contributed by atoms with Crippen LogP contribution in [0.2, 0.25) is 0 Å². The highest BCUT2D eigenvalue weighted by atomic mass is 31.2. The lowest BCUT2D eigenvalue weighted by molar-refractivity contribution is -0.872. The van der Waals surface area contributed by atoms with Crippen LogP contribution in [0.25, 0.3) is 0 Å². The predicted octanol–water partition coefficient (Wildman–Crippen LogP) is 4.07. The van der Waals surface area contributed by atoms with Crippen molar-refractivity contribution in [2.24, 2.45) is 0 Å². The number of carbonyl (C=O) groups excluding carboxylic acids is 1. The molecule has 7 heteroatoms. The fraction of sp³-hybridized carbons (Fsp3) is 0.947. The van der Waals surface area contributed by atoms with Gasteiger partial charge in [-0.1, -0.05) is 58.3 Å². The van der Waals surface area contributed by atoms with Crippen molar-refractivity contribution in [2.45, 2.75) is 84.2 Å². The molecule has 0 fully saturated rings. The average Bonchev–Trinajstić information content (AvgIpc) is 2.50. The number of hydrogen-bond donors (Lipinski definition) is 0. The van der Waals surface area contributed by atoms with Crippen molar-refractivity contribution in [1.29, 1.82) is 0 Å². The molecule has 0 aromatic carbocycles. The number of Topliss-reactive ketones (excluding diaryl/α,β-unsaturated/α-hetero) is 1. The molecule has 0 N–H and O–H groups in total. The van der Waals surface area contributed by atoms with Gasteiger partial charge in [-0.05, 0) is 13.3 Å². The minimum atomic E-state index is -4.43. The third-order valence-electron chi connectivity index (χ3n) is 4.14. The Bertz CT molecular complexity index is 423. The number of phosphoric ester groups is 1. The van der Waals surface area contributed by atoms with E-state index in [4.69, 9.17) is 4.52 Å². The van der Waals surface area contributed by atoms with E-state index in [0.717, 1.165) is 19.3 Å². The average molecular weight is 394 g/mol. The second-order valence-electron chi connectivity index (χ2n) is 7.98. The van der Waals surface area contributed by atoms with E-state index in [2.05, 4.69) is 11.4 Å². The van der Waals surface area contributed by atoms with Gasteiger partial charge >= 0.3 is 0 Å². The number of unbranched alkanes of at least 4 members (excludes halogenated alkanes) is 8. The Labute approximate surface area is 160 Å². The van der Waals surface area contributed by atoms with E-state index in [0.29, 0.717) is 17.4 Å². The minimum Gasteiger partial charge on any atom is -0.756 e. The van der Waals surface area contributed by atoms with Gasteiger partial charge in [0.1, 0.15) is 6.54 Å². The zero-order valence-corrected chi connectivity index (χ0v) is 18.4. The van der Waals surface area contributed by atoms with Gasteiger partial charge < -0.3 is 18.4 Å². The van der Waals surface area contributed by atoms with Crippen LogP contribution in [0.5, 0.6) is 0 Å². The summed E-state index contributed by atoms with van der Waals surface area (Å²) in [6, 6.07) is 0. The lowest BCUT2D eigenvalue weighted by atomic mass is 10.0. The number of rotatable bonds is 17.